The third-order valence-corrected chi connectivity index (χ3v) is 6.37. The number of hydrogen-bond acceptors (Lipinski definition) is 4. The maximum absolute atomic E-state index is 12.9. The number of nitrogens with zero attached hydrogens (tertiary/aromatic N) is 2. The number of piperazine rings is 1. The number of carbonyl (C=O) groups is 1. The summed E-state index contributed by atoms with van der Waals surface area (Å²) in [5, 5.41) is 0. The summed E-state index contributed by atoms with van der Waals surface area (Å²) in [6.45, 7) is 3.77. The third-order valence-electron chi connectivity index (χ3n) is 6.37. The van der Waals surface area contributed by atoms with Crippen LogP contribution < -0.4 is 14.4 Å². The van der Waals surface area contributed by atoms with Crippen LogP contribution in [0.25, 0.3) is 0 Å². The van der Waals surface area contributed by atoms with Gasteiger partial charge in [-0.15, -0.1) is 0 Å². The molecule has 128 valence electrons. The van der Waals surface area contributed by atoms with Crippen LogP contribution in [0, 0.1) is 17.8 Å². The van der Waals surface area contributed by atoms with Crippen LogP contribution in [0.1, 0.15) is 25.7 Å². The molecule has 0 aromatic heterocycles. The number of amides is 1. The number of anilines is 1. The largest absolute Gasteiger partial charge is 0.454 e. The van der Waals surface area contributed by atoms with Gasteiger partial charge in [-0.05, 0) is 43.2 Å². The SMILES string of the molecule is O=C([C@H]1C[C@H]2CC[C@H]1C2)N1CCN(c2ccc3c(c2)OCO3)CC1. The van der Waals surface area contributed by atoms with Gasteiger partial charge in [-0.3, -0.25) is 4.79 Å². The molecule has 0 radical (unpaired) electrons. The Bertz CT molecular complexity index is 654. The molecule has 5 heteroatoms. The number of rotatable bonds is 2. The molecule has 5 rings (SSSR count). The van der Waals surface area contributed by atoms with Crippen molar-refractivity contribution in [3.8, 4) is 11.5 Å². The Hall–Kier alpha value is -1.91. The van der Waals surface area contributed by atoms with E-state index in [1.165, 1.54) is 19.3 Å². The lowest BCUT2D eigenvalue weighted by Gasteiger charge is -2.38. The highest BCUT2D eigenvalue weighted by Crippen LogP contribution is 2.49. The van der Waals surface area contributed by atoms with E-state index in [1.807, 2.05) is 6.07 Å². The van der Waals surface area contributed by atoms with Crippen LogP contribution in [0.2, 0.25) is 0 Å². The highest BCUT2D eigenvalue weighted by Gasteiger charge is 2.44. The predicted molar refractivity (Wildman–Crippen MR) is 90.3 cm³/mol. The van der Waals surface area contributed by atoms with Crippen LogP contribution in [-0.4, -0.2) is 43.8 Å². The van der Waals surface area contributed by atoms with Crippen molar-refractivity contribution in [3.63, 3.8) is 0 Å². The van der Waals surface area contributed by atoms with E-state index >= 15 is 0 Å². The fourth-order valence-corrected chi connectivity index (χ4v) is 5.05. The summed E-state index contributed by atoms with van der Waals surface area (Å²) < 4.78 is 10.8. The minimum absolute atomic E-state index is 0.310. The topological polar surface area (TPSA) is 42.0 Å². The maximum Gasteiger partial charge on any atom is 0.231 e. The minimum atomic E-state index is 0.310. The van der Waals surface area contributed by atoms with E-state index in [-0.39, 0.29) is 0 Å². The summed E-state index contributed by atoms with van der Waals surface area (Å²) in [4.78, 5) is 17.3. The zero-order valence-electron chi connectivity index (χ0n) is 13.9. The normalized spacial score (nSPS) is 30.9. The molecule has 3 fully saturated rings. The van der Waals surface area contributed by atoms with E-state index in [4.69, 9.17) is 9.47 Å². The first-order valence-electron chi connectivity index (χ1n) is 9.21. The van der Waals surface area contributed by atoms with Crippen LogP contribution in [0.15, 0.2) is 18.2 Å². The lowest BCUT2D eigenvalue weighted by atomic mass is 9.87. The molecule has 4 aliphatic rings. The van der Waals surface area contributed by atoms with Gasteiger partial charge in [-0.1, -0.05) is 6.42 Å². The minimum Gasteiger partial charge on any atom is -0.454 e. The van der Waals surface area contributed by atoms with Gasteiger partial charge >= 0.3 is 0 Å². The van der Waals surface area contributed by atoms with Crippen molar-refractivity contribution in [2.75, 3.05) is 37.9 Å². The Morgan fingerprint density at radius 1 is 1.00 bits per heavy atom. The summed E-state index contributed by atoms with van der Waals surface area (Å²) in [6, 6.07) is 6.11. The fourth-order valence-electron chi connectivity index (χ4n) is 5.05. The standard InChI is InChI=1S/C19H24N2O3/c22-19(16-10-13-1-2-14(16)9-13)21-7-5-20(6-8-21)15-3-4-17-18(11-15)24-12-23-17/h3-4,11,13-14,16H,1-2,5-10,12H2/t13-,14-,16-/m0/s1. The van der Waals surface area contributed by atoms with Crippen LogP contribution in [0.4, 0.5) is 5.69 Å². The third kappa shape index (κ3) is 2.33. The molecule has 1 amide bonds. The van der Waals surface area contributed by atoms with Crippen LogP contribution in [-0.2, 0) is 4.79 Å². The monoisotopic (exact) mass is 328 g/mol. The molecule has 2 aliphatic carbocycles. The Morgan fingerprint density at radius 2 is 1.83 bits per heavy atom. The molecular weight excluding hydrogens is 304 g/mol. The van der Waals surface area contributed by atoms with Crippen molar-refractivity contribution in [3.05, 3.63) is 18.2 Å². The van der Waals surface area contributed by atoms with E-state index in [9.17, 15) is 4.79 Å². The summed E-state index contributed by atoms with van der Waals surface area (Å²) in [6.07, 6.45) is 5.07. The summed E-state index contributed by atoms with van der Waals surface area (Å²) in [7, 11) is 0. The Kier molecular flexibility index (Phi) is 3.35. The average molecular weight is 328 g/mol. The number of carbonyl (C=O) groups excluding carboxylic acids is 1. The van der Waals surface area contributed by atoms with Crippen LogP contribution in [0.3, 0.4) is 0 Å². The molecular formula is C19H24N2O3. The van der Waals surface area contributed by atoms with Crippen molar-refractivity contribution in [1.82, 2.24) is 4.90 Å². The van der Waals surface area contributed by atoms with E-state index in [2.05, 4.69) is 21.9 Å². The smallest absolute Gasteiger partial charge is 0.231 e. The molecule has 2 heterocycles. The predicted octanol–water partition coefficient (Wildman–Crippen LogP) is 2.50. The van der Waals surface area contributed by atoms with Gasteiger partial charge in [0.15, 0.2) is 11.5 Å². The maximum atomic E-state index is 12.9. The van der Waals surface area contributed by atoms with Gasteiger partial charge in [0.25, 0.3) is 0 Å². The van der Waals surface area contributed by atoms with Crippen molar-refractivity contribution >= 4 is 11.6 Å². The summed E-state index contributed by atoms with van der Waals surface area (Å²) in [5.41, 5.74) is 1.16. The lowest BCUT2D eigenvalue weighted by Crippen LogP contribution is -2.51. The number of hydrogen-bond donors (Lipinski definition) is 0. The second-order valence-corrected chi connectivity index (χ2v) is 7.63. The molecule has 2 bridgehead atoms. The molecule has 1 aromatic carbocycles. The molecule has 0 N–H and O–H groups in total. The first-order valence-corrected chi connectivity index (χ1v) is 9.21. The molecule has 5 nitrogen and oxygen atoms in total. The van der Waals surface area contributed by atoms with Gasteiger partial charge in [0.1, 0.15) is 0 Å². The summed E-state index contributed by atoms with van der Waals surface area (Å²) in [5.74, 6) is 3.90. The molecule has 3 atom stereocenters. The second kappa shape index (κ2) is 5.57. The van der Waals surface area contributed by atoms with Crippen molar-refractivity contribution in [2.45, 2.75) is 25.7 Å². The molecule has 0 spiro atoms. The van der Waals surface area contributed by atoms with Gasteiger partial charge in [0, 0.05) is 43.9 Å². The first kappa shape index (κ1) is 14.4. The molecule has 1 aromatic rings. The lowest BCUT2D eigenvalue weighted by molar-refractivity contribution is -0.137. The van der Waals surface area contributed by atoms with Gasteiger partial charge in [0.05, 0.1) is 0 Å². The highest BCUT2D eigenvalue weighted by atomic mass is 16.7. The Labute approximate surface area is 142 Å². The van der Waals surface area contributed by atoms with Crippen molar-refractivity contribution in [1.29, 1.82) is 0 Å². The van der Waals surface area contributed by atoms with Gasteiger partial charge in [0.2, 0.25) is 12.7 Å². The molecule has 2 aliphatic heterocycles. The Balaban J connectivity index is 1.22. The van der Waals surface area contributed by atoms with E-state index in [0.717, 1.165) is 55.7 Å². The number of ether oxygens (including phenoxy) is 2. The molecule has 1 saturated heterocycles. The van der Waals surface area contributed by atoms with Gasteiger partial charge in [-0.2, -0.15) is 0 Å². The first-order chi connectivity index (χ1) is 11.8. The van der Waals surface area contributed by atoms with Gasteiger partial charge in [-0.25, -0.2) is 0 Å². The van der Waals surface area contributed by atoms with Crippen LogP contribution in [0.5, 0.6) is 11.5 Å². The van der Waals surface area contributed by atoms with E-state index in [1.54, 1.807) is 0 Å². The van der Waals surface area contributed by atoms with E-state index in [0.29, 0.717) is 24.5 Å². The second-order valence-electron chi connectivity index (χ2n) is 7.63. The summed E-state index contributed by atoms with van der Waals surface area (Å²) >= 11 is 0. The quantitative estimate of drug-likeness (QED) is 0.836. The molecule has 0 unspecified atom stereocenters. The zero-order valence-corrected chi connectivity index (χ0v) is 13.9. The fraction of sp³-hybridized carbons (Fsp3) is 0.632. The number of benzene rings is 1. The molecule has 2 saturated carbocycles. The Morgan fingerprint density at radius 3 is 2.58 bits per heavy atom. The number of fused-ring (bicyclic) bond motifs is 3. The van der Waals surface area contributed by atoms with Crippen molar-refractivity contribution in [2.24, 2.45) is 17.8 Å². The highest BCUT2D eigenvalue weighted by molar-refractivity contribution is 5.80. The average Bonchev–Trinajstić information content (AvgIpc) is 3.36. The van der Waals surface area contributed by atoms with Gasteiger partial charge < -0.3 is 19.3 Å². The van der Waals surface area contributed by atoms with Crippen molar-refractivity contribution < 1.29 is 14.3 Å². The molecule has 24 heavy (non-hydrogen) atoms. The van der Waals surface area contributed by atoms with E-state index < -0.39 is 0 Å². The van der Waals surface area contributed by atoms with Crippen LogP contribution >= 0.6 is 0 Å². The zero-order chi connectivity index (χ0) is 16.1.